The Hall–Kier alpha value is -3.36. The molecule has 0 bridgehead atoms. The third-order valence-corrected chi connectivity index (χ3v) is 5.77. The van der Waals surface area contributed by atoms with Crippen molar-refractivity contribution >= 4 is 29.3 Å². The highest BCUT2D eigenvalue weighted by Gasteiger charge is 2.23. The van der Waals surface area contributed by atoms with Gasteiger partial charge in [-0.05, 0) is 54.7 Å². The molecule has 1 aliphatic rings. The zero-order chi connectivity index (χ0) is 23.2. The molecule has 0 radical (unpaired) electrons. The molecule has 3 aromatic rings. The zero-order valence-electron chi connectivity index (χ0n) is 17.9. The van der Waals surface area contributed by atoms with Gasteiger partial charge in [0.1, 0.15) is 12.8 Å². The maximum Gasteiger partial charge on any atom is 0.404 e. The molecule has 1 aromatic heterocycles. The van der Waals surface area contributed by atoms with E-state index >= 15 is 0 Å². The molecule has 172 valence electrons. The van der Waals surface area contributed by atoms with Crippen LogP contribution in [0.25, 0.3) is 11.1 Å². The minimum Gasteiger partial charge on any atom is -0.449 e. The predicted octanol–water partition coefficient (Wildman–Crippen LogP) is 4.72. The number of anilines is 1. The van der Waals surface area contributed by atoms with Crippen LogP contribution in [-0.2, 0) is 14.3 Å². The minimum atomic E-state index is -0.940. The van der Waals surface area contributed by atoms with E-state index in [1.165, 1.54) is 0 Å². The summed E-state index contributed by atoms with van der Waals surface area (Å²) in [5.74, 6) is -1.06. The number of rotatable bonds is 7. The van der Waals surface area contributed by atoms with Gasteiger partial charge in [0.2, 0.25) is 5.91 Å². The van der Waals surface area contributed by atoms with Gasteiger partial charge in [0.05, 0.1) is 12.1 Å². The first-order valence-corrected chi connectivity index (χ1v) is 11.1. The van der Waals surface area contributed by atoms with Crippen LogP contribution in [0.2, 0.25) is 5.02 Å². The number of nitrogens with zero attached hydrogens (tertiary/aromatic N) is 2. The van der Waals surface area contributed by atoms with Crippen molar-refractivity contribution < 1.29 is 19.1 Å². The average molecular weight is 469 g/mol. The summed E-state index contributed by atoms with van der Waals surface area (Å²) in [6.45, 7) is 0.582. The largest absolute Gasteiger partial charge is 0.449 e. The summed E-state index contributed by atoms with van der Waals surface area (Å²) in [6.07, 6.45) is 6.01. The van der Waals surface area contributed by atoms with Gasteiger partial charge in [-0.3, -0.25) is 4.79 Å². The van der Waals surface area contributed by atoms with Crippen LogP contribution in [0.1, 0.15) is 37.0 Å². The first-order chi connectivity index (χ1) is 16.0. The number of halogens is 1. The lowest BCUT2D eigenvalue weighted by molar-refractivity contribution is -0.118. The maximum atomic E-state index is 12.9. The van der Waals surface area contributed by atoms with Crippen molar-refractivity contribution in [3.05, 3.63) is 71.5 Å². The molecule has 0 spiro atoms. The number of carbonyl (C=O) groups excluding carboxylic acids is 2. The van der Waals surface area contributed by atoms with Crippen molar-refractivity contribution in [3.63, 3.8) is 0 Å². The van der Waals surface area contributed by atoms with Gasteiger partial charge in [-0.15, -0.1) is 0 Å². The van der Waals surface area contributed by atoms with Gasteiger partial charge < -0.3 is 20.5 Å². The second-order valence-corrected chi connectivity index (χ2v) is 8.27. The first-order valence-electron chi connectivity index (χ1n) is 10.7. The second-order valence-electron chi connectivity index (χ2n) is 7.83. The fourth-order valence-corrected chi connectivity index (χ4v) is 3.86. The van der Waals surface area contributed by atoms with Crippen LogP contribution >= 0.6 is 11.6 Å². The molecule has 4 rings (SSSR count). The summed E-state index contributed by atoms with van der Waals surface area (Å²) in [5, 5.41) is 7.86. The highest BCUT2D eigenvalue weighted by Crippen LogP contribution is 2.27. The molecule has 2 heterocycles. The Morgan fingerprint density at radius 2 is 1.91 bits per heavy atom. The van der Waals surface area contributed by atoms with Gasteiger partial charge in [0, 0.05) is 29.1 Å². The molecule has 9 heteroatoms. The number of carbonyl (C=O) groups is 2. The third kappa shape index (κ3) is 5.91. The highest BCUT2D eigenvalue weighted by atomic mass is 35.5. The van der Waals surface area contributed by atoms with E-state index in [0.29, 0.717) is 16.3 Å². The van der Waals surface area contributed by atoms with Crippen molar-refractivity contribution in [2.45, 2.75) is 31.4 Å². The molecule has 33 heavy (non-hydrogen) atoms. The fourth-order valence-electron chi connectivity index (χ4n) is 3.74. The lowest BCUT2D eigenvalue weighted by Gasteiger charge is -2.22. The summed E-state index contributed by atoms with van der Waals surface area (Å²) < 4.78 is 12.5. The van der Waals surface area contributed by atoms with E-state index in [2.05, 4.69) is 10.4 Å². The number of nitrogens with one attached hydrogen (secondary N) is 1. The molecule has 1 fully saturated rings. The Bertz CT molecular complexity index is 1090. The van der Waals surface area contributed by atoms with Crippen molar-refractivity contribution in [2.75, 3.05) is 18.5 Å². The Morgan fingerprint density at radius 3 is 2.58 bits per heavy atom. The molecular weight excluding hydrogens is 444 g/mol. The molecule has 1 saturated heterocycles. The van der Waals surface area contributed by atoms with Crippen LogP contribution in [0, 0.1) is 0 Å². The highest BCUT2D eigenvalue weighted by molar-refractivity contribution is 6.30. The molecule has 2 unspecified atom stereocenters. The summed E-state index contributed by atoms with van der Waals surface area (Å²) >= 11 is 5.95. The van der Waals surface area contributed by atoms with Crippen molar-refractivity contribution in [1.29, 1.82) is 0 Å². The number of nitrogens with two attached hydrogens (primary N) is 1. The fraction of sp³-hybridized carbons (Fsp3) is 0.292. The van der Waals surface area contributed by atoms with Crippen molar-refractivity contribution in [1.82, 2.24) is 9.78 Å². The molecule has 2 atom stereocenters. The van der Waals surface area contributed by atoms with Gasteiger partial charge in [0.15, 0.2) is 0 Å². The molecule has 3 N–H and O–H groups in total. The van der Waals surface area contributed by atoms with Crippen molar-refractivity contribution in [3.8, 4) is 11.1 Å². The van der Waals surface area contributed by atoms with Gasteiger partial charge in [-0.2, -0.15) is 5.10 Å². The summed E-state index contributed by atoms with van der Waals surface area (Å²) in [4.78, 5) is 24.0. The lowest BCUT2D eigenvalue weighted by Crippen LogP contribution is -2.27. The van der Waals surface area contributed by atoms with Crippen LogP contribution in [0.15, 0.2) is 60.9 Å². The smallest absolute Gasteiger partial charge is 0.404 e. The predicted molar refractivity (Wildman–Crippen MR) is 125 cm³/mol. The molecule has 0 aliphatic carbocycles. The molecule has 2 amide bonds. The Labute approximate surface area is 196 Å². The first kappa shape index (κ1) is 22.8. The summed E-state index contributed by atoms with van der Waals surface area (Å²) in [6, 6.07) is 14.2. The molecule has 0 saturated carbocycles. The van der Waals surface area contributed by atoms with Gasteiger partial charge in [-0.25, -0.2) is 9.48 Å². The summed E-state index contributed by atoms with van der Waals surface area (Å²) in [7, 11) is 0. The van der Waals surface area contributed by atoms with Crippen LogP contribution in [0.4, 0.5) is 10.5 Å². The average Bonchev–Trinajstić information content (AvgIpc) is 3.32. The number of hydrogen-bond donors (Lipinski definition) is 2. The van der Waals surface area contributed by atoms with E-state index in [-0.39, 0.29) is 18.7 Å². The number of hydrogen-bond acceptors (Lipinski definition) is 5. The number of aromatic nitrogens is 2. The van der Waals surface area contributed by atoms with E-state index in [9.17, 15) is 9.59 Å². The van der Waals surface area contributed by atoms with Crippen molar-refractivity contribution in [2.24, 2.45) is 5.73 Å². The van der Waals surface area contributed by atoms with Gasteiger partial charge in [-0.1, -0.05) is 35.9 Å². The third-order valence-electron chi connectivity index (χ3n) is 5.52. The van der Waals surface area contributed by atoms with Crippen LogP contribution in [0.5, 0.6) is 0 Å². The Balaban J connectivity index is 1.44. The number of benzene rings is 2. The van der Waals surface area contributed by atoms with Gasteiger partial charge in [0.25, 0.3) is 0 Å². The normalized spacial score (nSPS) is 16.7. The van der Waals surface area contributed by atoms with Gasteiger partial charge >= 0.3 is 6.09 Å². The van der Waals surface area contributed by atoms with E-state index in [1.807, 2.05) is 41.3 Å². The molecular formula is C24H25ClN4O4. The quantitative estimate of drug-likeness (QED) is 0.521. The molecule has 2 aromatic carbocycles. The van der Waals surface area contributed by atoms with E-state index in [4.69, 9.17) is 26.8 Å². The zero-order valence-corrected chi connectivity index (χ0v) is 18.7. The molecule has 8 nitrogen and oxygen atoms in total. The lowest BCUT2D eigenvalue weighted by atomic mass is 9.99. The van der Waals surface area contributed by atoms with Crippen LogP contribution in [0.3, 0.4) is 0 Å². The molecule has 1 aliphatic heterocycles. The maximum absolute atomic E-state index is 12.9. The van der Waals surface area contributed by atoms with E-state index < -0.39 is 12.0 Å². The van der Waals surface area contributed by atoms with Crippen LogP contribution in [-0.4, -0.2) is 35.0 Å². The standard InChI is InChI=1S/C24H25ClN4O4/c25-19-8-4-17(5-9-19)21(15-33-24(26)31)23(30)28-20-10-6-16(7-11-20)18-13-27-29(14-18)22-3-1-2-12-32-22/h4-11,13-14,21-22H,1-3,12,15H2,(H2,26,31)(H,28,30). The topological polar surface area (TPSA) is 108 Å². The van der Waals surface area contributed by atoms with E-state index in [0.717, 1.165) is 37.0 Å². The summed E-state index contributed by atoms with van der Waals surface area (Å²) in [5.41, 5.74) is 8.31. The SMILES string of the molecule is NC(=O)OCC(C(=O)Nc1ccc(-c2cnn(C3CCCCO3)c2)cc1)c1ccc(Cl)cc1. The van der Waals surface area contributed by atoms with E-state index in [1.54, 1.807) is 24.3 Å². The number of ether oxygens (including phenoxy) is 2. The minimum absolute atomic E-state index is 0.0153. The second kappa shape index (κ2) is 10.5. The monoisotopic (exact) mass is 468 g/mol. The Morgan fingerprint density at radius 1 is 1.15 bits per heavy atom. The number of primary amides is 1. The van der Waals surface area contributed by atoms with Crippen LogP contribution < -0.4 is 11.1 Å². The Kier molecular flexibility index (Phi) is 7.26. The number of amides is 2.